The first-order valence-electron chi connectivity index (χ1n) is 12.5. The normalized spacial score (nSPS) is 12.4. The standard InChI is InChI=1S/C31H30N4O3/c36-30(34-27(21-24-11-4-1-5-12-24)17-18-29-32-19-10-20-33-29)28(22-25-13-6-2-7-14-25)35-31(37)38-23-26-15-8-3-9-16-26/h1-20,27-28H,21-23H2,(H,34,36)(H,35,37)/b18-17+/t27-,28+/m1/s1. The molecule has 2 N–H and O–H groups in total. The van der Waals surface area contributed by atoms with Crippen LogP contribution < -0.4 is 10.6 Å². The van der Waals surface area contributed by atoms with Crippen molar-refractivity contribution in [2.75, 3.05) is 0 Å². The lowest BCUT2D eigenvalue weighted by Crippen LogP contribution is -2.50. The molecule has 0 spiro atoms. The summed E-state index contributed by atoms with van der Waals surface area (Å²) in [5.41, 5.74) is 2.85. The average molecular weight is 507 g/mol. The summed E-state index contributed by atoms with van der Waals surface area (Å²) < 4.78 is 5.39. The maximum Gasteiger partial charge on any atom is 0.408 e. The van der Waals surface area contributed by atoms with Crippen LogP contribution in [0.3, 0.4) is 0 Å². The van der Waals surface area contributed by atoms with E-state index in [0.717, 1.165) is 16.7 Å². The molecule has 0 saturated carbocycles. The van der Waals surface area contributed by atoms with E-state index in [1.807, 2.05) is 97.1 Å². The number of carbonyl (C=O) groups excluding carboxylic acids is 2. The monoisotopic (exact) mass is 506 g/mol. The van der Waals surface area contributed by atoms with Crippen molar-refractivity contribution >= 4 is 18.1 Å². The number of aromatic nitrogens is 2. The maximum absolute atomic E-state index is 13.5. The summed E-state index contributed by atoms with van der Waals surface area (Å²) in [6.45, 7) is 0.114. The number of rotatable bonds is 11. The first kappa shape index (κ1) is 26.3. The predicted molar refractivity (Wildman–Crippen MR) is 147 cm³/mol. The van der Waals surface area contributed by atoms with Gasteiger partial charge in [0.25, 0.3) is 0 Å². The molecule has 1 aromatic heterocycles. The Bertz CT molecular complexity index is 1300. The van der Waals surface area contributed by atoms with Gasteiger partial charge in [0, 0.05) is 18.8 Å². The second-order valence-electron chi connectivity index (χ2n) is 8.72. The minimum absolute atomic E-state index is 0.114. The van der Waals surface area contributed by atoms with E-state index < -0.39 is 12.1 Å². The number of hydrogen-bond acceptors (Lipinski definition) is 5. The summed E-state index contributed by atoms with van der Waals surface area (Å²) >= 11 is 0. The van der Waals surface area contributed by atoms with Gasteiger partial charge < -0.3 is 15.4 Å². The zero-order valence-corrected chi connectivity index (χ0v) is 20.9. The van der Waals surface area contributed by atoms with Gasteiger partial charge in [-0.15, -0.1) is 0 Å². The Morgan fingerprint density at radius 2 is 1.26 bits per heavy atom. The zero-order chi connectivity index (χ0) is 26.4. The van der Waals surface area contributed by atoms with Crippen LogP contribution in [0.5, 0.6) is 0 Å². The number of amides is 2. The lowest BCUT2D eigenvalue weighted by Gasteiger charge is -2.22. The van der Waals surface area contributed by atoms with E-state index in [0.29, 0.717) is 18.7 Å². The second-order valence-corrected chi connectivity index (χ2v) is 8.72. The van der Waals surface area contributed by atoms with E-state index >= 15 is 0 Å². The summed E-state index contributed by atoms with van der Waals surface area (Å²) in [5.74, 6) is 0.230. The van der Waals surface area contributed by atoms with Crippen LogP contribution in [0, 0.1) is 0 Å². The molecule has 2 amide bonds. The molecule has 4 rings (SSSR count). The molecule has 2 atom stereocenters. The number of benzene rings is 3. The minimum Gasteiger partial charge on any atom is -0.445 e. The smallest absolute Gasteiger partial charge is 0.408 e. The van der Waals surface area contributed by atoms with E-state index in [4.69, 9.17) is 4.74 Å². The molecule has 0 bridgehead atoms. The van der Waals surface area contributed by atoms with E-state index in [9.17, 15) is 9.59 Å². The van der Waals surface area contributed by atoms with E-state index in [2.05, 4.69) is 20.6 Å². The Labute approximate surface area is 222 Å². The SMILES string of the molecule is O=C(N[C@@H](Cc1ccccc1)C(=O)N[C@H](/C=C/c1ncccn1)Cc1ccccc1)OCc1ccccc1. The van der Waals surface area contributed by atoms with Crippen LogP contribution in [0.15, 0.2) is 116 Å². The van der Waals surface area contributed by atoms with Crippen molar-refractivity contribution in [3.8, 4) is 0 Å². The molecule has 7 heteroatoms. The van der Waals surface area contributed by atoms with Crippen molar-refractivity contribution in [2.45, 2.75) is 31.5 Å². The first-order valence-corrected chi connectivity index (χ1v) is 12.5. The van der Waals surface area contributed by atoms with E-state index in [1.54, 1.807) is 24.5 Å². The quantitative estimate of drug-likeness (QED) is 0.306. The van der Waals surface area contributed by atoms with Crippen LogP contribution in [-0.2, 0) is 29.0 Å². The average Bonchev–Trinajstić information content (AvgIpc) is 2.96. The van der Waals surface area contributed by atoms with Gasteiger partial charge in [-0.05, 0) is 35.3 Å². The molecular formula is C31H30N4O3. The van der Waals surface area contributed by atoms with Gasteiger partial charge in [0.05, 0.1) is 6.04 Å². The minimum atomic E-state index is -0.833. The van der Waals surface area contributed by atoms with Crippen LogP contribution in [0.4, 0.5) is 4.79 Å². The molecule has 0 fully saturated rings. The number of carbonyl (C=O) groups is 2. The van der Waals surface area contributed by atoms with Crippen LogP contribution in [0.1, 0.15) is 22.5 Å². The number of alkyl carbamates (subject to hydrolysis) is 1. The molecule has 0 aliphatic rings. The Balaban J connectivity index is 1.48. The van der Waals surface area contributed by atoms with Gasteiger partial charge in [0.15, 0.2) is 5.82 Å². The van der Waals surface area contributed by atoms with Crippen LogP contribution >= 0.6 is 0 Å². The summed E-state index contributed by atoms with van der Waals surface area (Å²) in [4.78, 5) is 34.6. The molecule has 38 heavy (non-hydrogen) atoms. The van der Waals surface area contributed by atoms with Crippen molar-refractivity contribution in [3.63, 3.8) is 0 Å². The van der Waals surface area contributed by atoms with Gasteiger partial charge in [-0.25, -0.2) is 14.8 Å². The van der Waals surface area contributed by atoms with Crippen molar-refractivity contribution in [2.24, 2.45) is 0 Å². The third kappa shape index (κ3) is 8.71. The molecule has 0 aliphatic heterocycles. The molecular weight excluding hydrogens is 476 g/mol. The lowest BCUT2D eigenvalue weighted by molar-refractivity contribution is -0.123. The van der Waals surface area contributed by atoms with Crippen LogP contribution in [-0.4, -0.2) is 34.1 Å². The van der Waals surface area contributed by atoms with Crippen molar-refractivity contribution in [3.05, 3.63) is 138 Å². The third-order valence-corrected chi connectivity index (χ3v) is 5.79. The van der Waals surface area contributed by atoms with Crippen LogP contribution in [0.2, 0.25) is 0 Å². The van der Waals surface area contributed by atoms with Gasteiger partial charge in [0.2, 0.25) is 5.91 Å². The lowest BCUT2D eigenvalue weighted by atomic mass is 10.0. The van der Waals surface area contributed by atoms with Crippen molar-refractivity contribution in [1.82, 2.24) is 20.6 Å². The second kappa shape index (κ2) is 14.1. The van der Waals surface area contributed by atoms with Gasteiger partial charge in [-0.2, -0.15) is 0 Å². The fourth-order valence-electron chi connectivity index (χ4n) is 3.88. The molecule has 0 saturated heterocycles. The number of hydrogen-bond donors (Lipinski definition) is 2. The third-order valence-electron chi connectivity index (χ3n) is 5.79. The van der Waals surface area contributed by atoms with Crippen molar-refractivity contribution < 1.29 is 14.3 Å². The maximum atomic E-state index is 13.5. The fraction of sp³-hybridized carbons (Fsp3) is 0.161. The van der Waals surface area contributed by atoms with Gasteiger partial charge in [0.1, 0.15) is 12.6 Å². The molecule has 3 aromatic carbocycles. The van der Waals surface area contributed by atoms with Crippen molar-refractivity contribution in [1.29, 1.82) is 0 Å². The fourth-order valence-corrected chi connectivity index (χ4v) is 3.88. The Hall–Kier alpha value is -4.78. The summed E-state index contributed by atoms with van der Waals surface area (Å²) in [5, 5.41) is 5.84. The zero-order valence-electron chi connectivity index (χ0n) is 20.9. The van der Waals surface area contributed by atoms with E-state index in [-0.39, 0.29) is 18.6 Å². The molecule has 0 aliphatic carbocycles. The first-order chi connectivity index (χ1) is 18.7. The highest BCUT2D eigenvalue weighted by molar-refractivity contribution is 5.86. The van der Waals surface area contributed by atoms with E-state index in [1.165, 1.54) is 0 Å². The highest BCUT2D eigenvalue weighted by Gasteiger charge is 2.24. The van der Waals surface area contributed by atoms with Crippen LogP contribution in [0.25, 0.3) is 6.08 Å². The Morgan fingerprint density at radius 1 is 0.711 bits per heavy atom. The van der Waals surface area contributed by atoms with Gasteiger partial charge in [-0.3, -0.25) is 4.79 Å². The summed E-state index contributed by atoms with van der Waals surface area (Å²) in [6, 6.07) is 29.4. The largest absolute Gasteiger partial charge is 0.445 e. The molecule has 7 nitrogen and oxygen atoms in total. The summed E-state index contributed by atoms with van der Waals surface area (Å²) in [7, 11) is 0. The number of ether oxygens (including phenoxy) is 1. The highest BCUT2D eigenvalue weighted by Crippen LogP contribution is 2.09. The van der Waals surface area contributed by atoms with Gasteiger partial charge >= 0.3 is 6.09 Å². The molecule has 0 unspecified atom stereocenters. The molecule has 0 radical (unpaired) electrons. The predicted octanol–water partition coefficient (Wildman–Crippen LogP) is 4.76. The number of nitrogens with one attached hydrogen (secondary N) is 2. The Kier molecular flexibility index (Phi) is 9.74. The van der Waals surface area contributed by atoms with Gasteiger partial charge in [-0.1, -0.05) is 97.1 Å². The molecule has 1 heterocycles. The number of nitrogens with zero attached hydrogens (tertiary/aromatic N) is 2. The highest BCUT2D eigenvalue weighted by atomic mass is 16.5. The molecule has 192 valence electrons. The molecule has 4 aromatic rings. The Morgan fingerprint density at radius 3 is 1.87 bits per heavy atom. The summed E-state index contributed by atoms with van der Waals surface area (Å²) in [6.07, 6.45) is 7.20. The topological polar surface area (TPSA) is 93.2 Å².